The Hall–Kier alpha value is -2.43. The summed E-state index contributed by atoms with van der Waals surface area (Å²) in [6.45, 7) is 0. The fraction of sp³-hybridized carbons (Fsp3) is 0.421. The number of ether oxygens (including phenoxy) is 1. The Bertz CT molecular complexity index is 1040. The number of halogens is 1. The van der Waals surface area contributed by atoms with Crippen molar-refractivity contribution in [3.63, 3.8) is 0 Å². The summed E-state index contributed by atoms with van der Waals surface area (Å²) >= 11 is 6.19. The van der Waals surface area contributed by atoms with Crippen LogP contribution < -0.4 is 20.3 Å². The van der Waals surface area contributed by atoms with Gasteiger partial charge >= 0.3 is 0 Å². The van der Waals surface area contributed by atoms with Gasteiger partial charge < -0.3 is 4.74 Å². The number of nitrogens with zero attached hydrogens (tertiary/aromatic N) is 2. The Labute approximate surface area is 179 Å². The second kappa shape index (κ2) is 8.37. The molecule has 1 saturated carbocycles. The van der Waals surface area contributed by atoms with Crippen molar-refractivity contribution in [2.75, 3.05) is 11.8 Å². The van der Waals surface area contributed by atoms with Crippen molar-refractivity contribution in [3.8, 4) is 5.75 Å². The van der Waals surface area contributed by atoms with E-state index in [2.05, 4.69) is 25.5 Å². The smallest absolute Gasteiger partial charge is 0.237 e. The monoisotopic (exact) mass is 451 g/mol. The zero-order valence-corrected chi connectivity index (χ0v) is 17.8. The number of benzene rings is 1. The Morgan fingerprint density at radius 1 is 1.27 bits per heavy atom. The minimum atomic E-state index is -3.70. The summed E-state index contributed by atoms with van der Waals surface area (Å²) in [6.07, 6.45) is 3.94. The molecule has 3 N–H and O–H groups in total. The molecule has 1 amide bonds. The Morgan fingerprint density at radius 2 is 2.10 bits per heavy atom. The summed E-state index contributed by atoms with van der Waals surface area (Å²) in [5, 5.41) is -0.133. The lowest BCUT2D eigenvalue weighted by molar-refractivity contribution is -0.133. The molecule has 30 heavy (non-hydrogen) atoms. The van der Waals surface area contributed by atoms with Gasteiger partial charge in [-0.05, 0) is 49.4 Å². The summed E-state index contributed by atoms with van der Waals surface area (Å²) in [7, 11) is -2.12. The molecule has 4 rings (SSSR count). The van der Waals surface area contributed by atoms with Gasteiger partial charge in [-0.2, -0.15) is 0 Å². The third kappa shape index (κ3) is 4.07. The SMILES string of the molecule is COc1ccc(Cl)cc1C1NNC(=O)C2CC(S(=O)(=O)Nc3ccncn3)CCC21. The molecule has 11 heteroatoms. The molecule has 2 aliphatic rings. The quantitative estimate of drug-likeness (QED) is 0.635. The molecule has 4 unspecified atom stereocenters. The molecule has 0 bridgehead atoms. The number of amides is 1. The number of anilines is 1. The molecule has 0 spiro atoms. The van der Waals surface area contributed by atoms with E-state index in [1.165, 1.54) is 18.6 Å². The number of aromatic nitrogens is 2. The van der Waals surface area contributed by atoms with Crippen LogP contribution in [0.15, 0.2) is 36.8 Å². The van der Waals surface area contributed by atoms with Crippen molar-refractivity contribution in [1.29, 1.82) is 0 Å². The fourth-order valence-corrected chi connectivity index (χ4v) is 5.99. The van der Waals surface area contributed by atoms with Crippen LogP contribution in [-0.4, -0.2) is 36.7 Å². The standard InChI is InChI=1S/C19H22ClN5O4S/c1-29-16-5-2-11(20)8-15(16)18-13-4-3-12(9-14(13)19(26)24-23-18)30(27,28)25-17-6-7-21-10-22-17/h2,5-8,10,12-14,18,23H,3-4,9H2,1H3,(H,24,26)(H,21,22,25). The van der Waals surface area contributed by atoms with Crippen LogP contribution in [0.2, 0.25) is 5.02 Å². The predicted molar refractivity (Wildman–Crippen MR) is 111 cm³/mol. The van der Waals surface area contributed by atoms with Gasteiger partial charge in [0, 0.05) is 22.7 Å². The van der Waals surface area contributed by atoms with E-state index in [9.17, 15) is 13.2 Å². The van der Waals surface area contributed by atoms with Crippen molar-refractivity contribution in [2.24, 2.45) is 11.8 Å². The molecule has 9 nitrogen and oxygen atoms in total. The molecule has 0 radical (unpaired) electrons. The first kappa shape index (κ1) is 20.8. The molecular weight excluding hydrogens is 430 g/mol. The van der Waals surface area contributed by atoms with Crippen LogP contribution in [0, 0.1) is 11.8 Å². The van der Waals surface area contributed by atoms with Gasteiger partial charge in [0.25, 0.3) is 0 Å². The van der Waals surface area contributed by atoms with Gasteiger partial charge in [-0.3, -0.25) is 14.9 Å². The second-order valence-electron chi connectivity index (χ2n) is 7.44. The van der Waals surface area contributed by atoms with Gasteiger partial charge in [0.2, 0.25) is 15.9 Å². The van der Waals surface area contributed by atoms with E-state index >= 15 is 0 Å². The first-order valence-electron chi connectivity index (χ1n) is 9.55. The average Bonchev–Trinajstić information content (AvgIpc) is 2.74. The van der Waals surface area contributed by atoms with Crippen molar-refractivity contribution in [2.45, 2.75) is 30.6 Å². The van der Waals surface area contributed by atoms with Crippen LogP contribution in [0.1, 0.15) is 30.9 Å². The summed E-state index contributed by atoms with van der Waals surface area (Å²) in [5.74, 6) is 0.117. The van der Waals surface area contributed by atoms with Crippen LogP contribution >= 0.6 is 11.6 Å². The van der Waals surface area contributed by atoms with Crippen molar-refractivity contribution in [1.82, 2.24) is 20.8 Å². The first-order chi connectivity index (χ1) is 14.4. The summed E-state index contributed by atoms with van der Waals surface area (Å²) < 4.78 is 33.7. The molecule has 2 heterocycles. The van der Waals surface area contributed by atoms with E-state index in [-0.39, 0.29) is 30.1 Å². The maximum Gasteiger partial charge on any atom is 0.237 e. The van der Waals surface area contributed by atoms with Gasteiger partial charge in [0.1, 0.15) is 17.9 Å². The molecule has 2 aromatic rings. The van der Waals surface area contributed by atoms with E-state index in [0.29, 0.717) is 23.6 Å². The normalized spacial score (nSPS) is 26.4. The van der Waals surface area contributed by atoms with Gasteiger partial charge in [-0.1, -0.05) is 11.6 Å². The van der Waals surface area contributed by atoms with Crippen molar-refractivity contribution in [3.05, 3.63) is 47.4 Å². The minimum absolute atomic E-state index is 0.0865. The number of methoxy groups -OCH3 is 1. The second-order valence-corrected chi connectivity index (χ2v) is 9.84. The number of carbonyl (C=O) groups is 1. The highest BCUT2D eigenvalue weighted by Crippen LogP contribution is 2.44. The van der Waals surface area contributed by atoms with Gasteiger partial charge in [0.15, 0.2) is 0 Å². The van der Waals surface area contributed by atoms with Crippen molar-refractivity contribution >= 4 is 33.3 Å². The lowest BCUT2D eigenvalue weighted by Gasteiger charge is -2.43. The topological polar surface area (TPSA) is 122 Å². The zero-order valence-electron chi connectivity index (χ0n) is 16.2. The van der Waals surface area contributed by atoms with Gasteiger partial charge in [-0.25, -0.2) is 23.8 Å². The lowest BCUT2D eigenvalue weighted by Crippen LogP contribution is -2.57. The largest absolute Gasteiger partial charge is 0.496 e. The predicted octanol–water partition coefficient (Wildman–Crippen LogP) is 2.04. The maximum atomic E-state index is 12.9. The molecular formula is C19H22ClN5O4S. The van der Waals surface area contributed by atoms with Crippen molar-refractivity contribution < 1.29 is 17.9 Å². The number of fused-ring (bicyclic) bond motifs is 1. The molecule has 2 fully saturated rings. The number of rotatable bonds is 5. The number of carbonyl (C=O) groups excluding carboxylic acids is 1. The highest BCUT2D eigenvalue weighted by atomic mass is 35.5. The number of hydrogen-bond acceptors (Lipinski definition) is 7. The van der Waals surface area contributed by atoms with Crippen LogP contribution in [0.4, 0.5) is 5.82 Å². The van der Waals surface area contributed by atoms with Gasteiger partial charge in [-0.15, -0.1) is 0 Å². The van der Waals surface area contributed by atoms with E-state index in [1.807, 2.05) is 6.07 Å². The molecule has 1 aromatic carbocycles. The third-order valence-electron chi connectivity index (χ3n) is 5.77. The van der Waals surface area contributed by atoms with Crippen LogP contribution in [0.3, 0.4) is 0 Å². The molecule has 4 atom stereocenters. The highest BCUT2D eigenvalue weighted by molar-refractivity contribution is 7.93. The minimum Gasteiger partial charge on any atom is -0.496 e. The molecule has 1 aromatic heterocycles. The number of sulfonamides is 1. The molecule has 160 valence electrons. The fourth-order valence-electron chi connectivity index (χ4n) is 4.32. The van der Waals surface area contributed by atoms with Crippen LogP contribution in [0.25, 0.3) is 0 Å². The van der Waals surface area contributed by atoms with Crippen LogP contribution in [0.5, 0.6) is 5.75 Å². The van der Waals surface area contributed by atoms with E-state index < -0.39 is 21.2 Å². The number of nitrogens with one attached hydrogen (secondary N) is 3. The summed E-state index contributed by atoms with van der Waals surface area (Å²) in [4.78, 5) is 20.3. The lowest BCUT2D eigenvalue weighted by atomic mass is 9.72. The highest BCUT2D eigenvalue weighted by Gasteiger charge is 2.46. The Kier molecular flexibility index (Phi) is 5.81. The zero-order chi connectivity index (χ0) is 21.3. The van der Waals surface area contributed by atoms with Gasteiger partial charge in [0.05, 0.1) is 18.4 Å². The number of hydrogen-bond donors (Lipinski definition) is 3. The van der Waals surface area contributed by atoms with E-state index in [4.69, 9.17) is 16.3 Å². The number of hydrazine groups is 1. The third-order valence-corrected chi connectivity index (χ3v) is 7.80. The molecule has 1 aliphatic heterocycles. The van der Waals surface area contributed by atoms with E-state index in [0.717, 1.165) is 5.56 Å². The Balaban J connectivity index is 1.56. The maximum absolute atomic E-state index is 12.9. The average molecular weight is 452 g/mol. The first-order valence-corrected chi connectivity index (χ1v) is 11.5. The van der Waals surface area contributed by atoms with Crippen LogP contribution in [-0.2, 0) is 14.8 Å². The summed E-state index contributed by atoms with van der Waals surface area (Å²) in [6, 6.07) is 6.59. The Morgan fingerprint density at radius 3 is 2.83 bits per heavy atom. The summed E-state index contributed by atoms with van der Waals surface area (Å²) in [5.41, 5.74) is 6.59. The van der Waals surface area contributed by atoms with E-state index in [1.54, 1.807) is 19.2 Å². The molecule has 1 saturated heterocycles. The molecule has 1 aliphatic carbocycles.